The summed E-state index contributed by atoms with van der Waals surface area (Å²) in [6.07, 6.45) is 5.36. The van der Waals surface area contributed by atoms with Gasteiger partial charge in [0.05, 0.1) is 10.6 Å². The highest BCUT2D eigenvalue weighted by Gasteiger charge is 2.25. The molecular formula is C22H23ClFN5O2. The summed E-state index contributed by atoms with van der Waals surface area (Å²) in [6.45, 7) is 3.67. The van der Waals surface area contributed by atoms with Gasteiger partial charge >= 0.3 is 0 Å². The molecule has 0 spiro atoms. The molecule has 1 amide bonds. The molecule has 9 heteroatoms. The van der Waals surface area contributed by atoms with E-state index >= 15 is 4.39 Å². The highest BCUT2D eigenvalue weighted by atomic mass is 35.5. The molecule has 2 atom stereocenters. The summed E-state index contributed by atoms with van der Waals surface area (Å²) < 4.78 is 17.0. The first-order chi connectivity index (χ1) is 14.8. The number of pyridine rings is 1. The average molecular weight is 444 g/mol. The molecule has 1 aromatic carbocycles. The maximum atomic E-state index is 15.5. The van der Waals surface area contributed by atoms with Crippen molar-refractivity contribution < 1.29 is 14.0 Å². The van der Waals surface area contributed by atoms with Crippen LogP contribution in [0.5, 0.6) is 0 Å². The van der Waals surface area contributed by atoms with Crippen LogP contribution in [-0.4, -0.2) is 32.5 Å². The zero-order valence-corrected chi connectivity index (χ0v) is 17.9. The van der Waals surface area contributed by atoms with Crippen molar-refractivity contribution in [3.8, 4) is 5.82 Å². The summed E-state index contributed by atoms with van der Waals surface area (Å²) in [5, 5.41) is 7.28. The predicted octanol–water partition coefficient (Wildman–Crippen LogP) is 3.60. The lowest BCUT2D eigenvalue weighted by Gasteiger charge is -2.23. The molecule has 2 heterocycles. The van der Waals surface area contributed by atoms with Gasteiger partial charge < -0.3 is 11.1 Å². The fraction of sp³-hybridized carbons (Fsp3) is 0.273. The molecule has 31 heavy (non-hydrogen) atoms. The van der Waals surface area contributed by atoms with Crippen molar-refractivity contribution in [2.45, 2.75) is 38.8 Å². The highest BCUT2D eigenvalue weighted by molar-refractivity contribution is 6.35. The zero-order chi connectivity index (χ0) is 22.5. The third-order valence-electron chi connectivity index (χ3n) is 4.87. The van der Waals surface area contributed by atoms with Crippen molar-refractivity contribution in [2.24, 2.45) is 5.73 Å². The molecule has 3 N–H and O–H groups in total. The van der Waals surface area contributed by atoms with Gasteiger partial charge in [0.1, 0.15) is 5.82 Å². The number of amides is 1. The summed E-state index contributed by atoms with van der Waals surface area (Å²) in [6, 6.07) is 7.31. The Labute approximate surface area is 184 Å². The number of carbonyl (C=O) groups is 2. The molecule has 0 fully saturated rings. The van der Waals surface area contributed by atoms with Crippen LogP contribution >= 0.6 is 11.6 Å². The number of nitrogens with zero attached hydrogens (tertiary/aromatic N) is 3. The molecule has 0 radical (unpaired) electrons. The number of hydrogen-bond donors (Lipinski definition) is 2. The lowest BCUT2D eigenvalue weighted by Crippen LogP contribution is -2.34. The number of ketones is 1. The normalized spacial score (nSPS) is 13.0. The molecule has 2 aromatic heterocycles. The molecule has 7 nitrogen and oxygen atoms in total. The molecule has 3 rings (SSSR count). The fourth-order valence-corrected chi connectivity index (χ4v) is 3.61. The first-order valence-electron chi connectivity index (χ1n) is 9.84. The molecule has 0 aliphatic carbocycles. The number of hydrogen-bond acceptors (Lipinski definition) is 5. The lowest BCUT2D eigenvalue weighted by molar-refractivity contribution is -0.118. The molecule has 0 unspecified atom stereocenters. The van der Waals surface area contributed by atoms with E-state index in [1.54, 1.807) is 48.3 Å². The van der Waals surface area contributed by atoms with Crippen LogP contribution in [0.4, 0.5) is 4.39 Å². The van der Waals surface area contributed by atoms with Crippen LogP contribution in [0, 0.1) is 5.82 Å². The summed E-state index contributed by atoms with van der Waals surface area (Å²) in [5.74, 6) is -1.18. The Balaban J connectivity index is 1.90. The molecule has 0 bridgehead atoms. The zero-order valence-electron chi connectivity index (χ0n) is 17.2. The van der Waals surface area contributed by atoms with Crippen LogP contribution in [0.25, 0.3) is 5.82 Å². The Bertz CT molecular complexity index is 1070. The second-order valence-corrected chi connectivity index (χ2v) is 7.62. The minimum absolute atomic E-state index is 0.0161. The van der Waals surface area contributed by atoms with Gasteiger partial charge in [-0.15, -0.1) is 0 Å². The Morgan fingerprint density at radius 1 is 1.29 bits per heavy atom. The smallest absolute Gasteiger partial charge is 0.218 e. The summed E-state index contributed by atoms with van der Waals surface area (Å²) in [5.41, 5.74) is 5.53. The SMILES string of the molecule is CC[C@@H](N[C@H](C)CC(N)=O)c1ccc(Cl)c(C(=O)c2ccc(-n3cccn3)nc2)c1F. The minimum Gasteiger partial charge on any atom is -0.370 e. The van der Waals surface area contributed by atoms with E-state index in [2.05, 4.69) is 15.4 Å². The van der Waals surface area contributed by atoms with Gasteiger partial charge in [0.25, 0.3) is 0 Å². The number of aromatic nitrogens is 3. The van der Waals surface area contributed by atoms with Crippen molar-refractivity contribution >= 4 is 23.3 Å². The Kier molecular flexibility index (Phi) is 7.14. The third-order valence-corrected chi connectivity index (χ3v) is 5.19. The quantitative estimate of drug-likeness (QED) is 0.492. The standard InChI is InChI=1S/C22H23ClFN5O2/c1-3-17(28-13(2)11-18(25)30)15-6-7-16(23)20(21(15)24)22(31)14-5-8-19(26-12-14)29-10-4-9-27-29/h4-10,12-13,17,28H,3,11H2,1-2H3,(H2,25,30)/t13-,17-/m1/s1. The molecule has 3 aromatic rings. The van der Waals surface area contributed by atoms with Crippen LogP contribution in [0.1, 0.15) is 54.2 Å². The number of nitrogens with two attached hydrogens (primary N) is 1. The number of rotatable bonds is 9. The second-order valence-electron chi connectivity index (χ2n) is 7.21. The van der Waals surface area contributed by atoms with E-state index in [0.29, 0.717) is 17.8 Å². The van der Waals surface area contributed by atoms with Crippen molar-refractivity contribution in [3.63, 3.8) is 0 Å². The largest absolute Gasteiger partial charge is 0.370 e. The monoisotopic (exact) mass is 443 g/mol. The lowest BCUT2D eigenvalue weighted by atomic mass is 9.96. The van der Waals surface area contributed by atoms with Gasteiger partial charge in [0.2, 0.25) is 5.91 Å². The number of carbonyl (C=O) groups excluding carboxylic acids is 2. The molecule has 0 aliphatic rings. The van der Waals surface area contributed by atoms with Crippen LogP contribution in [0.15, 0.2) is 48.9 Å². The van der Waals surface area contributed by atoms with E-state index in [4.69, 9.17) is 17.3 Å². The topological polar surface area (TPSA) is 103 Å². The van der Waals surface area contributed by atoms with Gasteiger partial charge in [-0.1, -0.05) is 24.6 Å². The summed E-state index contributed by atoms with van der Waals surface area (Å²) in [7, 11) is 0. The number of nitrogens with one attached hydrogen (secondary N) is 1. The van der Waals surface area contributed by atoms with Gasteiger partial charge in [0, 0.05) is 48.2 Å². The van der Waals surface area contributed by atoms with E-state index in [-0.39, 0.29) is 28.6 Å². The molecular weight excluding hydrogens is 421 g/mol. The highest BCUT2D eigenvalue weighted by Crippen LogP contribution is 2.30. The summed E-state index contributed by atoms with van der Waals surface area (Å²) >= 11 is 6.20. The Hall–Kier alpha value is -3.10. The van der Waals surface area contributed by atoms with E-state index in [0.717, 1.165) is 0 Å². The predicted molar refractivity (Wildman–Crippen MR) is 116 cm³/mol. The first-order valence-corrected chi connectivity index (χ1v) is 10.2. The van der Waals surface area contributed by atoms with Crippen LogP contribution in [-0.2, 0) is 4.79 Å². The van der Waals surface area contributed by atoms with Gasteiger partial charge in [0.15, 0.2) is 11.6 Å². The van der Waals surface area contributed by atoms with E-state index in [1.165, 1.54) is 12.3 Å². The fourth-order valence-electron chi connectivity index (χ4n) is 3.38. The first kappa shape index (κ1) is 22.6. The third kappa shape index (κ3) is 5.15. The van der Waals surface area contributed by atoms with E-state index in [1.807, 2.05) is 6.92 Å². The molecule has 0 aliphatic heterocycles. The maximum Gasteiger partial charge on any atom is 0.218 e. The van der Waals surface area contributed by atoms with Crippen molar-refractivity contribution in [2.75, 3.05) is 0 Å². The Morgan fingerprint density at radius 3 is 2.65 bits per heavy atom. The summed E-state index contributed by atoms with van der Waals surface area (Å²) in [4.78, 5) is 28.4. The van der Waals surface area contributed by atoms with Crippen LogP contribution < -0.4 is 11.1 Å². The van der Waals surface area contributed by atoms with Crippen molar-refractivity contribution in [3.05, 3.63) is 76.5 Å². The van der Waals surface area contributed by atoms with Gasteiger partial charge in [-0.2, -0.15) is 5.10 Å². The second kappa shape index (κ2) is 9.80. The minimum atomic E-state index is -0.695. The van der Waals surface area contributed by atoms with Gasteiger partial charge in [-0.05, 0) is 37.6 Å². The molecule has 0 saturated heterocycles. The maximum absolute atomic E-state index is 15.5. The number of halogens is 2. The number of primary amides is 1. The van der Waals surface area contributed by atoms with Gasteiger partial charge in [-0.3, -0.25) is 9.59 Å². The van der Waals surface area contributed by atoms with E-state index in [9.17, 15) is 9.59 Å². The Morgan fingerprint density at radius 2 is 2.06 bits per heavy atom. The van der Waals surface area contributed by atoms with E-state index < -0.39 is 23.5 Å². The molecule has 0 saturated carbocycles. The van der Waals surface area contributed by atoms with Crippen molar-refractivity contribution in [1.29, 1.82) is 0 Å². The van der Waals surface area contributed by atoms with Crippen LogP contribution in [0.3, 0.4) is 0 Å². The van der Waals surface area contributed by atoms with Crippen LogP contribution in [0.2, 0.25) is 5.02 Å². The molecule has 162 valence electrons. The van der Waals surface area contributed by atoms with Gasteiger partial charge in [-0.25, -0.2) is 14.1 Å². The van der Waals surface area contributed by atoms with Crippen molar-refractivity contribution in [1.82, 2.24) is 20.1 Å². The number of benzene rings is 1. The average Bonchev–Trinajstić information content (AvgIpc) is 3.27.